The van der Waals surface area contributed by atoms with Gasteiger partial charge in [0, 0.05) is 16.3 Å². The maximum absolute atomic E-state index is 14.1. The van der Waals surface area contributed by atoms with Crippen LogP contribution in [0.15, 0.2) is 93.0 Å². The van der Waals surface area contributed by atoms with Gasteiger partial charge < -0.3 is 13.9 Å². The van der Waals surface area contributed by atoms with Crippen LogP contribution in [0.4, 0.5) is 5.69 Å². The Labute approximate surface area is 216 Å². The van der Waals surface area contributed by atoms with Gasteiger partial charge in [-0.15, -0.1) is 0 Å². The highest BCUT2D eigenvalue weighted by Crippen LogP contribution is 2.38. The van der Waals surface area contributed by atoms with Gasteiger partial charge in [0.1, 0.15) is 11.5 Å². The van der Waals surface area contributed by atoms with E-state index in [0.717, 1.165) is 15.6 Å². The molecule has 0 saturated carbocycles. The number of fused-ring (bicyclic) bond motifs is 3. The van der Waals surface area contributed by atoms with Gasteiger partial charge in [-0.2, -0.15) is 4.31 Å². The summed E-state index contributed by atoms with van der Waals surface area (Å²) in [5.74, 6) is 0.258. The maximum Gasteiger partial charge on any atom is 0.396 e. The highest BCUT2D eigenvalue weighted by Gasteiger charge is 2.34. The molecule has 0 aliphatic carbocycles. The maximum atomic E-state index is 14.1. The molecule has 1 aromatic heterocycles. The van der Waals surface area contributed by atoms with Gasteiger partial charge >= 0.3 is 4.94 Å². The van der Waals surface area contributed by atoms with E-state index >= 15 is 0 Å². The SMILES string of the molecule is CCOc1ccc(S(=O)(=O)N(C(=O)c2ccc(OC)cc2)c2cc3sc(=O)oc3c3ccccc23)cc1. The molecule has 1 amide bonds. The van der Waals surface area contributed by atoms with Crippen LogP contribution in [0.25, 0.3) is 21.1 Å². The molecule has 5 rings (SSSR count). The van der Waals surface area contributed by atoms with Crippen molar-refractivity contribution in [3.05, 3.63) is 94.2 Å². The molecule has 0 spiro atoms. The van der Waals surface area contributed by atoms with E-state index in [1.165, 1.54) is 49.6 Å². The summed E-state index contributed by atoms with van der Waals surface area (Å²) in [6.07, 6.45) is 0. The molecule has 37 heavy (non-hydrogen) atoms. The van der Waals surface area contributed by atoms with Crippen molar-refractivity contribution in [2.75, 3.05) is 18.0 Å². The Bertz CT molecular complexity index is 1770. The molecule has 0 radical (unpaired) electrons. The summed E-state index contributed by atoms with van der Waals surface area (Å²) in [4.78, 5) is 25.4. The lowest BCUT2D eigenvalue weighted by Crippen LogP contribution is -2.37. The normalized spacial score (nSPS) is 11.5. The Hall–Kier alpha value is -4.15. The van der Waals surface area contributed by atoms with Crippen molar-refractivity contribution in [2.24, 2.45) is 0 Å². The van der Waals surface area contributed by atoms with Gasteiger partial charge in [0.15, 0.2) is 5.58 Å². The molecule has 5 aromatic rings. The summed E-state index contributed by atoms with van der Waals surface area (Å²) in [6.45, 7) is 2.25. The Morgan fingerprint density at radius 1 is 0.946 bits per heavy atom. The Balaban J connectivity index is 1.77. The molecule has 1 heterocycles. The van der Waals surface area contributed by atoms with Crippen molar-refractivity contribution in [3.63, 3.8) is 0 Å². The minimum Gasteiger partial charge on any atom is -0.497 e. The van der Waals surface area contributed by atoms with Gasteiger partial charge in [-0.1, -0.05) is 35.6 Å². The zero-order chi connectivity index (χ0) is 26.2. The largest absolute Gasteiger partial charge is 0.497 e. The van der Waals surface area contributed by atoms with Crippen molar-refractivity contribution < 1.29 is 27.1 Å². The molecule has 4 aromatic carbocycles. The van der Waals surface area contributed by atoms with Crippen LogP contribution in [0.5, 0.6) is 11.5 Å². The zero-order valence-corrected chi connectivity index (χ0v) is 21.5. The summed E-state index contributed by atoms with van der Waals surface area (Å²) < 4.78 is 45.4. The topological polar surface area (TPSA) is 103 Å². The monoisotopic (exact) mass is 535 g/mol. The summed E-state index contributed by atoms with van der Waals surface area (Å²) in [5, 5.41) is 0.954. The molecule has 0 unspecified atom stereocenters. The van der Waals surface area contributed by atoms with E-state index in [-0.39, 0.29) is 16.1 Å². The van der Waals surface area contributed by atoms with Crippen molar-refractivity contribution in [2.45, 2.75) is 11.8 Å². The van der Waals surface area contributed by atoms with Crippen molar-refractivity contribution in [1.82, 2.24) is 0 Å². The summed E-state index contributed by atoms with van der Waals surface area (Å²) in [7, 11) is -2.91. The number of carbonyl (C=O) groups excluding carboxylic acids is 1. The minimum atomic E-state index is -4.41. The van der Waals surface area contributed by atoms with E-state index in [1.807, 2.05) is 6.92 Å². The predicted octanol–water partition coefficient (Wildman–Crippen LogP) is 5.45. The molecular formula is C27H21NO7S2. The number of amides is 1. The highest BCUT2D eigenvalue weighted by atomic mass is 32.2. The number of nitrogens with zero attached hydrogens (tertiary/aromatic N) is 1. The second-order valence-corrected chi connectivity index (χ2v) is 10.7. The van der Waals surface area contributed by atoms with E-state index < -0.39 is 20.9 Å². The lowest BCUT2D eigenvalue weighted by Gasteiger charge is -2.24. The average molecular weight is 536 g/mol. The van der Waals surface area contributed by atoms with Gasteiger partial charge in [-0.3, -0.25) is 4.79 Å². The van der Waals surface area contributed by atoms with Gasteiger partial charge in [-0.05, 0) is 61.5 Å². The van der Waals surface area contributed by atoms with Crippen LogP contribution in [-0.4, -0.2) is 28.0 Å². The second kappa shape index (κ2) is 9.72. The molecule has 0 saturated heterocycles. The molecule has 0 atom stereocenters. The number of carbonyl (C=O) groups is 1. The van der Waals surface area contributed by atoms with Gasteiger partial charge in [-0.25, -0.2) is 13.2 Å². The Kier molecular flexibility index (Phi) is 6.45. The molecule has 0 aliphatic rings. The number of rotatable bonds is 7. The van der Waals surface area contributed by atoms with E-state index in [9.17, 15) is 18.0 Å². The van der Waals surface area contributed by atoms with Crippen LogP contribution >= 0.6 is 11.3 Å². The quantitative estimate of drug-likeness (QED) is 0.273. The molecule has 0 bridgehead atoms. The van der Waals surface area contributed by atoms with Crippen molar-refractivity contribution >= 4 is 54.0 Å². The third kappa shape index (κ3) is 4.45. The zero-order valence-electron chi connectivity index (χ0n) is 19.8. The lowest BCUT2D eigenvalue weighted by atomic mass is 10.1. The first-order valence-electron chi connectivity index (χ1n) is 11.3. The first-order valence-corrected chi connectivity index (χ1v) is 13.5. The fourth-order valence-electron chi connectivity index (χ4n) is 4.03. The first-order chi connectivity index (χ1) is 17.8. The van der Waals surface area contributed by atoms with Crippen LogP contribution in [0, 0.1) is 0 Å². The van der Waals surface area contributed by atoms with Crippen LogP contribution in [0.1, 0.15) is 17.3 Å². The Morgan fingerprint density at radius 2 is 1.59 bits per heavy atom. The molecule has 0 N–H and O–H groups in total. The summed E-state index contributed by atoms with van der Waals surface area (Å²) in [5.41, 5.74) is 0.583. The van der Waals surface area contributed by atoms with Gasteiger partial charge in [0.2, 0.25) is 0 Å². The number of ether oxygens (including phenoxy) is 2. The molecule has 0 fully saturated rings. The number of sulfonamides is 1. The smallest absolute Gasteiger partial charge is 0.396 e. The van der Waals surface area contributed by atoms with Crippen molar-refractivity contribution in [1.29, 1.82) is 0 Å². The van der Waals surface area contributed by atoms with E-state index in [1.54, 1.807) is 36.4 Å². The van der Waals surface area contributed by atoms with Crippen LogP contribution in [-0.2, 0) is 10.0 Å². The van der Waals surface area contributed by atoms with E-state index in [2.05, 4.69) is 0 Å². The third-order valence-electron chi connectivity index (χ3n) is 5.73. The second-order valence-electron chi connectivity index (χ2n) is 7.93. The predicted molar refractivity (Wildman–Crippen MR) is 142 cm³/mol. The number of hydrogen-bond donors (Lipinski definition) is 0. The fourth-order valence-corrected chi connectivity index (χ4v) is 6.17. The number of anilines is 1. The van der Waals surface area contributed by atoms with Gasteiger partial charge in [0.05, 0.1) is 29.0 Å². The Morgan fingerprint density at radius 3 is 2.24 bits per heavy atom. The summed E-state index contributed by atoms with van der Waals surface area (Å²) >= 11 is 0.837. The number of hydrogen-bond acceptors (Lipinski definition) is 8. The molecule has 188 valence electrons. The van der Waals surface area contributed by atoms with E-state index in [4.69, 9.17) is 13.9 Å². The molecule has 10 heteroatoms. The lowest BCUT2D eigenvalue weighted by molar-refractivity contribution is 0.101. The highest BCUT2D eigenvalue weighted by molar-refractivity contribution is 7.93. The number of benzene rings is 4. The molecule has 0 aliphatic heterocycles. The third-order valence-corrected chi connectivity index (χ3v) is 8.22. The molecular weight excluding hydrogens is 514 g/mol. The van der Waals surface area contributed by atoms with Crippen molar-refractivity contribution in [3.8, 4) is 11.5 Å². The number of methoxy groups -OCH3 is 1. The van der Waals surface area contributed by atoms with Gasteiger partial charge in [0.25, 0.3) is 15.9 Å². The minimum absolute atomic E-state index is 0.0950. The fraction of sp³-hybridized carbons (Fsp3) is 0.111. The van der Waals surface area contributed by atoms with E-state index in [0.29, 0.717) is 39.2 Å². The summed E-state index contributed by atoms with van der Waals surface area (Å²) in [6, 6.07) is 20.4. The van der Waals surface area contributed by atoms with Crippen LogP contribution in [0.3, 0.4) is 0 Å². The first kappa shape index (κ1) is 24.5. The van der Waals surface area contributed by atoms with Crippen LogP contribution < -0.4 is 18.7 Å². The standard InChI is InChI=1S/C27H21NO7S2/c1-3-34-19-12-14-20(15-13-19)37(31,32)28(26(29)17-8-10-18(33-2)11-9-17)23-16-24-25(35-27(30)36-24)22-7-5-4-6-21(22)23/h4-16H,3H2,1-2H3. The van der Waals surface area contributed by atoms with Crippen LogP contribution in [0.2, 0.25) is 0 Å². The average Bonchev–Trinajstić information content (AvgIpc) is 3.29. The molecule has 8 nitrogen and oxygen atoms in total.